The van der Waals surface area contributed by atoms with Crippen molar-refractivity contribution in [3.8, 4) is 5.75 Å². The van der Waals surface area contributed by atoms with E-state index in [-0.39, 0.29) is 11.3 Å². The first-order valence-corrected chi connectivity index (χ1v) is 6.91. The Morgan fingerprint density at radius 2 is 2.17 bits per heavy atom. The van der Waals surface area contributed by atoms with Crippen LogP contribution >= 0.6 is 27.3 Å². The molecule has 2 nitrogen and oxygen atoms in total. The van der Waals surface area contributed by atoms with Crippen molar-refractivity contribution in [3.63, 3.8) is 0 Å². The van der Waals surface area contributed by atoms with E-state index in [1.807, 2.05) is 13.0 Å². The molecule has 0 saturated carbocycles. The van der Waals surface area contributed by atoms with Crippen LogP contribution in [0.3, 0.4) is 0 Å². The summed E-state index contributed by atoms with van der Waals surface area (Å²) < 4.78 is 19.9. The molecule has 96 valence electrons. The number of ether oxygens (including phenoxy) is 1. The van der Waals surface area contributed by atoms with Crippen molar-refractivity contribution in [1.29, 1.82) is 0 Å². The Morgan fingerprint density at radius 1 is 1.44 bits per heavy atom. The second-order valence-corrected chi connectivity index (χ2v) is 6.27. The van der Waals surface area contributed by atoms with Crippen LogP contribution in [0.4, 0.5) is 4.39 Å². The molecule has 0 radical (unpaired) electrons. The fourth-order valence-corrected chi connectivity index (χ4v) is 3.24. The quantitative estimate of drug-likeness (QED) is 0.919. The highest BCUT2D eigenvalue weighted by molar-refractivity contribution is 9.11. The highest BCUT2D eigenvalue weighted by atomic mass is 79.9. The lowest BCUT2D eigenvalue weighted by Crippen LogP contribution is -2.02. The molecule has 1 heterocycles. The zero-order valence-corrected chi connectivity index (χ0v) is 12.3. The molecule has 0 bridgehead atoms. The molecule has 0 aliphatic rings. The SMILES string of the molecule is COc1cccc(C(O)c2cc(C)c(Br)s2)c1F. The normalized spacial score (nSPS) is 12.5. The third-order valence-corrected chi connectivity index (χ3v) is 4.84. The Morgan fingerprint density at radius 3 is 2.72 bits per heavy atom. The summed E-state index contributed by atoms with van der Waals surface area (Å²) in [6, 6.07) is 6.60. The number of aryl methyl sites for hydroxylation is 1. The molecule has 0 aliphatic carbocycles. The van der Waals surface area contributed by atoms with Gasteiger partial charge in [0.2, 0.25) is 0 Å². The highest BCUT2D eigenvalue weighted by Crippen LogP contribution is 2.36. The van der Waals surface area contributed by atoms with Gasteiger partial charge in [0, 0.05) is 10.4 Å². The predicted molar refractivity (Wildman–Crippen MR) is 73.8 cm³/mol. The van der Waals surface area contributed by atoms with Gasteiger partial charge in [-0.15, -0.1) is 11.3 Å². The van der Waals surface area contributed by atoms with E-state index in [2.05, 4.69) is 15.9 Å². The van der Waals surface area contributed by atoms with Crippen LogP contribution in [-0.4, -0.2) is 12.2 Å². The van der Waals surface area contributed by atoms with Gasteiger partial charge in [0.1, 0.15) is 6.10 Å². The van der Waals surface area contributed by atoms with Crippen LogP contribution in [0.1, 0.15) is 22.1 Å². The molecule has 1 unspecified atom stereocenters. The third kappa shape index (κ3) is 2.43. The van der Waals surface area contributed by atoms with Crippen LogP contribution in [0.2, 0.25) is 0 Å². The summed E-state index contributed by atoms with van der Waals surface area (Å²) in [5, 5.41) is 10.2. The number of benzene rings is 1. The molecule has 18 heavy (non-hydrogen) atoms. The zero-order chi connectivity index (χ0) is 13.3. The van der Waals surface area contributed by atoms with Crippen molar-refractivity contribution < 1.29 is 14.2 Å². The molecule has 0 amide bonds. The van der Waals surface area contributed by atoms with Gasteiger partial charge >= 0.3 is 0 Å². The highest BCUT2D eigenvalue weighted by Gasteiger charge is 2.20. The minimum absolute atomic E-state index is 0.138. The van der Waals surface area contributed by atoms with Crippen molar-refractivity contribution in [2.75, 3.05) is 7.11 Å². The number of hydrogen-bond acceptors (Lipinski definition) is 3. The largest absolute Gasteiger partial charge is 0.494 e. The second kappa shape index (κ2) is 5.38. The van der Waals surface area contributed by atoms with Crippen LogP contribution < -0.4 is 4.74 Å². The van der Waals surface area contributed by atoms with Crippen LogP contribution in [0.25, 0.3) is 0 Å². The Kier molecular flexibility index (Phi) is 4.04. The Hall–Kier alpha value is -0.910. The first kappa shape index (κ1) is 13.5. The number of aliphatic hydroxyl groups is 1. The summed E-state index contributed by atoms with van der Waals surface area (Å²) in [6.45, 7) is 1.93. The molecule has 1 aromatic heterocycles. The van der Waals surface area contributed by atoms with Crippen LogP contribution in [-0.2, 0) is 0 Å². The topological polar surface area (TPSA) is 29.5 Å². The lowest BCUT2D eigenvalue weighted by atomic mass is 10.1. The molecule has 2 rings (SSSR count). The standard InChI is InChI=1S/C13H12BrFO2S/c1-7-6-10(18-13(7)14)12(16)8-4-3-5-9(17-2)11(8)15/h3-6,12,16H,1-2H3. The predicted octanol–water partition coefficient (Wildman–Crippen LogP) is 4.05. The van der Waals surface area contributed by atoms with Gasteiger partial charge in [0.05, 0.1) is 10.9 Å². The van der Waals surface area contributed by atoms with Crippen molar-refractivity contribution in [2.45, 2.75) is 13.0 Å². The van der Waals surface area contributed by atoms with Gasteiger partial charge in [-0.1, -0.05) is 12.1 Å². The molecule has 1 aromatic carbocycles. The number of rotatable bonds is 3. The summed E-state index contributed by atoms with van der Waals surface area (Å²) in [7, 11) is 1.40. The van der Waals surface area contributed by atoms with Crippen molar-refractivity contribution in [1.82, 2.24) is 0 Å². The Labute approximate surface area is 117 Å². The summed E-state index contributed by atoms with van der Waals surface area (Å²) in [5.41, 5.74) is 1.25. The van der Waals surface area contributed by atoms with Crippen LogP contribution in [0, 0.1) is 12.7 Å². The number of aliphatic hydroxyl groups excluding tert-OH is 1. The molecule has 1 N–H and O–H groups in total. The maximum Gasteiger partial charge on any atom is 0.171 e. The van der Waals surface area contributed by atoms with E-state index in [4.69, 9.17) is 4.74 Å². The second-order valence-electron chi connectivity index (χ2n) is 3.87. The minimum atomic E-state index is -0.977. The van der Waals surface area contributed by atoms with Crippen molar-refractivity contribution >= 4 is 27.3 Å². The van der Waals surface area contributed by atoms with Gasteiger partial charge < -0.3 is 9.84 Å². The summed E-state index contributed by atoms with van der Waals surface area (Å²) in [6.07, 6.45) is -0.977. The summed E-state index contributed by atoms with van der Waals surface area (Å²) >= 11 is 4.79. The van der Waals surface area contributed by atoms with E-state index >= 15 is 0 Å². The van der Waals surface area contributed by atoms with E-state index < -0.39 is 11.9 Å². The average molecular weight is 331 g/mol. The fraction of sp³-hybridized carbons (Fsp3) is 0.231. The number of hydrogen-bond donors (Lipinski definition) is 1. The van der Waals surface area contributed by atoms with E-state index in [0.717, 1.165) is 9.35 Å². The third-order valence-electron chi connectivity index (χ3n) is 2.65. The zero-order valence-electron chi connectivity index (χ0n) is 9.91. The lowest BCUT2D eigenvalue weighted by molar-refractivity contribution is 0.217. The Bertz CT molecular complexity index is 549. The van der Waals surface area contributed by atoms with Crippen LogP contribution in [0.15, 0.2) is 28.1 Å². The van der Waals surface area contributed by atoms with E-state index in [1.54, 1.807) is 12.1 Å². The maximum atomic E-state index is 14.0. The van der Waals surface area contributed by atoms with Crippen molar-refractivity contribution in [2.24, 2.45) is 0 Å². The molecule has 0 aliphatic heterocycles. The van der Waals surface area contributed by atoms with Gasteiger partial charge in [0.25, 0.3) is 0 Å². The first-order valence-electron chi connectivity index (χ1n) is 5.31. The van der Waals surface area contributed by atoms with E-state index in [1.165, 1.54) is 24.5 Å². The van der Waals surface area contributed by atoms with Gasteiger partial charge in [0.15, 0.2) is 11.6 Å². The van der Waals surface area contributed by atoms with Crippen molar-refractivity contribution in [3.05, 3.63) is 49.9 Å². The molecule has 0 fully saturated rings. The summed E-state index contributed by atoms with van der Waals surface area (Å²) in [4.78, 5) is 0.700. The van der Waals surface area contributed by atoms with Gasteiger partial charge in [-0.05, 0) is 40.5 Å². The average Bonchev–Trinajstić information content (AvgIpc) is 2.69. The number of thiophene rings is 1. The molecular weight excluding hydrogens is 319 g/mol. The number of halogens is 2. The van der Waals surface area contributed by atoms with Gasteiger partial charge in [-0.2, -0.15) is 0 Å². The Balaban J connectivity index is 2.42. The molecule has 5 heteroatoms. The van der Waals surface area contributed by atoms with Crippen LogP contribution in [0.5, 0.6) is 5.75 Å². The van der Waals surface area contributed by atoms with E-state index in [9.17, 15) is 9.50 Å². The maximum absolute atomic E-state index is 14.0. The minimum Gasteiger partial charge on any atom is -0.494 e. The van der Waals surface area contributed by atoms with Gasteiger partial charge in [-0.3, -0.25) is 0 Å². The lowest BCUT2D eigenvalue weighted by Gasteiger charge is -2.12. The monoisotopic (exact) mass is 330 g/mol. The van der Waals surface area contributed by atoms with Gasteiger partial charge in [-0.25, -0.2) is 4.39 Å². The first-order chi connectivity index (χ1) is 8.54. The smallest absolute Gasteiger partial charge is 0.171 e. The summed E-state index contributed by atoms with van der Waals surface area (Å²) in [5.74, 6) is -0.381. The molecule has 0 spiro atoms. The molecule has 1 atom stereocenters. The fourth-order valence-electron chi connectivity index (χ4n) is 1.67. The number of methoxy groups -OCH3 is 1. The molecular formula is C13H12BrFO2S. The molecule has 0 saturated heterocycles. The molecule has 2 aromatic rings. The van der Waals surface area contributed by atoms with E-state index in [0.29, 0.717) is 4.88 Å².